The maximum absolute atomic E-state index is 13.3. The van der Waals surface area contributed by atoms with Gasteiger partial charge in [-0.2, -0.15) is 0 Å². The van der Waals surface area contributed by atoms with Gasteiger partial charge in [-0.3, -0.25) is 9.52 Å². The first-order valence-electron chi connectivity index (χ1n) is 9.62. The van der Waals surface area contributed by atoms with Crippen LogP contribution in [0.25, 0.3) is 16.7 Å². The summed E-state index contributed by atoms with van der Waals surface area (Å²) in [7, 11) is -2.62. The van der Waals surface area contributed by atoms with Gasteiger partial charge in [0.15, 0.2) is 0 Å². The SMILES string of the molecule is COc1ccccc1S(=O)(=O)Nc1cc2c(cc1-c1cnc(N)nc1)NC(=O)C2=C(C)C. The van der Waals surface area contributed by atoms with E-state index in [0.717, 1.165) is 5.57 Å². The van der Waals surface area contributed by atoms with Gasteiger partial charge in [-0.1, -0.05) is 17.7 Å². The number of carbonyl (C=O) groups excluding carboxylic acids is 1. The predicted molar refractivity (Wildman–Crippen MR) is 123 cm³/mol. The molecule has 4 rings (SSSR count). The number of rotatable bonds is 5. The van der Waals surface area contributed by atoms with Crippen molar-refractivity contribution in [1.82, 2.24) is 9.97 Å². The highest BCUT2D eigenvalue weighted by Gasteiger charge is 2.29. The molecule has 3 aromatic rings. The molecule has 0 bridgehead atoms. The van der Waals surface area contributed by atoms with Crippen LogP contribution in [-0.2, 0) is 14.8 Å². The molecule has 0 saturated carbocycles. The number of ether oxygens (including phenoxy) is 1. The van der Waals surface area contributed by atoms with Crippen molar-refractivity contribution in [2.45, 2.75) is 18.7 Å². The molecule has 1 aliphatic rings. The zero-order valence-electron chi connectivity index (χ0n) is 17.6. The number of aromatic nitrogens is 2. The van der Waals surface area contributed by atoms with Crippen molar-refractivity contribution in [1.29, 1.82) is 0 Å². The summed E-state index contributed by atoms with van der Waals surface area (Å²) in [5.74, 6) is 0.0517. The number of hydrogen-bond donors (Lipinski definition) is 3. The fourth-order valence-electron chi connectivity index (χ4n) is 3.55. The van der Waals surface area contributed by atoms with Gasteiger partial charge in [-0.15, -0.1) is 0 Å². The summed E-state index contributed by atoms with van der Waals surface area (Å²) in [4.78, 5) is 20.5. The van der Waals surface area contributed by atoms with Gasteiger partial charge in [0.2, 0.25) is 5.95 Å². The molecule has 2 heterocycles. The number of nitrogens with one attached hydrogen (secondary N) is 2. The lowest BCUT2D eigenvalue weighted by Crippen LogP contribution is -2.15. The highest BCUT2D eigenvalue weighted by Crippen LogP contribution is 2.42. The minimum absolute atomic E-state index is 0.0147. The van der Waals surface area contributed by atoms with Crippen LogP contribution in [0.4, 0.5) is 17.3 Å². The van der Waals surface area contributed by atoms with E-state index < -0.39 is 10.0 Å². The zero-order valence-corrected chi connectivity index (χ0v) is 18.4. The molecule has 0 unspecified atom stereocenters. The molecular weight excluding hydrogens is 430 g/mol. The van der Waals surface area contributed by atoms with E-state index in [1.54, 1.807) is 30.3 Å². The van der Waals surface area contributed by atoms with Crippen molar-refractivity contribution >= 4 is 38.8 Å². The average Bonchev–Trinajstić information content (AvgIpc) is 3.08. The number of carbonyl (C=O) groups is 1. The van der Waals surface area contributed by atoms with E-state index in [-0.39, 0.29) is 28.2 Å². The number of para-hydroxylation sites is 1. The quantitative estimate of drug-likeness (QED) is 0.506. The van der Waals surface area contributed by atoms with Gasteiger partial charge in [0.25, 0.3) is 15.9 Å². The Morgan fingerprint density at radius 3 is 2.44 bits per heavy atom. The summed E-state index contributed by atoms with van der Waals surface area (Å²) in [6.07, 6.45) is 2.98. The minimum Gasteiger partial charge on any atom is -0.495 e. The van der Waals surface area contributed by atoms with Crippen molar-refractivity contribution in [3.05, 3.63) is 59.9 Å². The first-order valence-corrected chi connectivity index (χ1v) is 11.1. The van der Waals surface area contributed by atoms with Gasteiger partial charge in [-0.25, -0.2) is 18.4 Å². The molecule has 9 nitrogen and oxygen atoms in total. The number of methoxy groups -OCH3 is 1. The topological polar surface area (TPSA) is 136 Å². The van der Waals surface area contributed by atoms with E-state index in [9.17, 15) is 13.2 Å². The highest BCUT2D eigenvalue weighted by molar-refractivity contribution is 7.92. The molecule has 0 radical (unpaired) electrons. The Kier molecular flexibility index (Phi) is 5.31. The Morgan fingerprint density at radius 1 is 1.09 bits per heavy atom. The second-order valence-electron chi connectivity index (χ2n) is 7.36. The monoisotopic (exact) mass is 451 g/mol. The third-order valence-corrected chi connectivity index (χ3v) is 6.39. The van der Waals surface area contributed by atoms with Crippen molar-refractivity contribution in [2.75, 3.05) is 22.9 Å². The largest absolute Gasteiger partial charge is 0.495 e. The summed E-state index contributed by atoms with van der Waals surface area (Å²) in [5.41, 5.74) is 9.35. The van der Waals surface area contributed by atoms with Crippen LogP contribution < -0.4 is 20.5 Å². The maximum atomic E-state index is 13.3. The molecule has 1 aliphatic heterocycles. The molecule has 0 spiro atoms. The molecule has 4 N–H and O–H groups in total. The Hall–Kier alpha value is -3.92. The third kappa shape index (κ3) is 3.76. The average molecular weight is 452 g/mol. The molecule has 1 aromatic heterocycles. The summed E-state index contributed by atoms with van der Waals surface area (Å²) in [5, 5.41) is 2.83. The molecule has 0 fully saturated rings. The second kappa shape index (κ2) is 7.97. The van der Waals surface area contributed by atoms with E-state index in [1.165, 1.54) is 25.6 Å². The molecule has 10 heteroatoms. The number of allylic oxidation sites excluding steroid dienone is 1. The maximum Gasteiger partial charge on any atom is 0.265 e. The van der Waals surface area contributed by atoms with Crippen LogP contribution in [0, 0.1) is 0 Å². The van der Waals surface area contributed by atoms with Gasteiger partial charge < -0.3 is 15.8 Å². The lowest BCUT2D eigenvalue weighted by molar-refractivity contribution is -0.110. The van der Waals surface area contributed by atoms with Gasteiger partial charge >= 0.3 is 0 Å². The number of nitrogen functional groups attached to an aromatic ring is 1. The van der Waals surface area contributed by atoms with Gasteiger partial charge in [0.1, 0.15) is 10.6 Å². The third-order valence-electron chi connectivity index (χ3n) is 4.99. The van der Waals surface area contributed by atoms with Crippen LogP contribution in [0.5, 0.6) is 5.75 Å². The number of benzene rings is 2. The number of sulfonamides is 1. The Balaban J connectivity index is 1.91. The summed E-state index contributed by atoms with van der Waals surface area (Å²) < 4.78 is 34.4. The Bertz CT molecular complexity index is 1360. The molecule has 32 heavy (non-hydrogen) atoms. The summed E-state index contributed by atoms with van der Waals surface area (Å²) in [6, 6.07) is 9.64. The molecule has 164 valence electrons. The van der Waals surface area contributed by atoms with Crippen LogP contribution in [-0.4, -0.2) is 31.4 Å². The smallest absolute Gasteiger partial charge is 0.265 e. The van der Waals surface area contributed by atoms with Crippen molar-refractivity contribution in [3.8, 4) is 16.9 Å². The standard InChI is InChI=1S/C22H21N5O4S/c1-12(2)20-15-9-17(27-32(29,30)19-7-5-4-6-18(19)31-3)14(8-16(15)26-21(20)28)13-10-24-22(23)25-11-13/h4-11,27H,1-3H3,(H,26,28)(H2,23,24,25). The lowest BCUT2D eigenvalue weighted by Gasteiger charge is -2.16. The van der Waals surface area contributed by atoms with Crippen molar-refractivity contribution in [3.63, 3.8) is 0 Å². The van der Waals surface area contributed by atoms with E-state index in [1.807, 2.05) is 13.8 Å². The highest BCUT2D eigenvalue weighted by atomic mass is 32.2. The first-order chi connectivity index (χ1) is 15.2. The summed E-state index contributed by atoms with van der Waals surface area (Å²) in [6.45, 7) is 3.65. The van der Waals surface area contributed by atoms with E-state index in [4.69, 9.17) is 10.5 Å². The Morgan fingerprint density at radius 2 is 1.78 bits per heavy atom. The molecule has 1 amide bonds. The van der Waals surface area contributed by atoms with Gasteiger partial charge in [0.05, 0.1) is 12.8 Å². The molecule has 0 atom stereocenters. The normalized spacial score (nSPS) is 12.8. The van der Waals surface area contributed by atoms with Crippen LogP contribution in [0.3, 0.4) is 0 Å². The minimum atomic E-state index is -4.03. The van der Waals surface area contributed by atoms with E-state index in [0.29, 0.717) is 28.0 Å². The number of fused-ring (bicyclic) bond motifs is 1. The molecule has 0 saturated heterocycles. The van der Waals surface area contributed by atoms with E-state index in [2.05, 4.69) is 20.0 Å². The van der Waals surface area contributed by atoms with Crippen LogP contribution in [0.1, 0.15) is 19.4 Å². The number of amides is 1. The zero-order chi connectivity index (χ0) is 23.0. The van der Waals surface area contributed by atoms with Crippen LogP contribution >= 0.6 is 0 Å². The van der Waals surface area contributed by atoms with Crippen LogP contribution in [0.2, 0.25) is 0 Å². The summed E-state index contributed by atoms with van der Waals surface area (Å²) >= 11 is 0. The van der Waals surface area contributed by atoms with Gasteiger partial charge in [0, 0.05) is 40.3 Å². The Labute approximate surface area is 185 Å². The fraction of sp³-hybridized carbons (Fsp3) is 0.136. The predicted octanol–water partition coefficient (Wildman–Crippen LogP) is 3.28. The molecular formula is C22H21N5O4S. The molecule has 0 aliphatic carbocycles. The second-order valence-corrected chi connectivity index (χ2v) is 9.01. The van der Waals surface area contributed by atoms with E-state index >= 15 is 0 Å². The van der Waals surface area contributed by atoms with Crippen molar-refractivity contribution < 1.29 is 17.9 Å². The van der Waals surface area contributed by atoms with Crippen LogP contribution in [0.15, 0.2) is 59.3 Å². The first kappa shape index (κ1) is 21.3. The van der Waals surface area contributed by atoms with Gasteiger partial charge in [-0.05, 0) is 38.1 Å². The number of anilines is 3. The number of nitrogens with zero attached hydrogens (tertiary/aromatic N) is 2. The lowest BCUT2D eigenvalue weighted by atomic mass is 9.98. The fourth-order valence-corrected chi connectivity index (χ4v) is 4.80. The number of nitrogens with two attached hydrogens (primary N) is 1. The number of hydrogen-bond acceptors (Lipinski definition) is 7. The van der Waals surface area contributed by atoms with Crippen molar-refractivity contribution in [2.24, 2.45) is 0 Å². The molecule has 2 aromatic carbocycles.